The number of benzene rings is 1. The maximum atomic E-state index is 12.6. The van der Waals surface area contributed by atoms with Crippen molar-refractivity contribution in [2.75, 3.05) is 12.4 Å². The Bertz CT molecular complexity index is 847. The van der Waals surface area contributed by atoms with Crippen molar-refractivity contribution in [2.45, 2.75) is 6.92 Å². The Morgan fingerprint density at radius 2 is 2.00 bits per heavy atom. The van der Waals surface area contributed by atoms with E-state index in [1.807, 2.05) is 31.2 Å². The predicted octanol–water partition coefficient (Wildman–Crippen LogP) is 3.17. The van der Waals surface area contributed by atoms with E-state index >= 15 is 0 Å². The van der Waals surface area contributed by atoms with E-state index in [0.717, 1.165) is 10.6 Å². The number of nitrogens with zero attached hydrogens (tertiary/aromatic N) is 3. The van der Waals surface area contributed by atoms with Crippen molar-refractivity contribution in [1.29, 1.82) is 0 Å². The van der Waals surface area contributed by atoms with Crippen molar-refractivity contribution in [2.24, 2.45) is 0 Å². The summed E-state index contributed by atoms with van der Waals surface area (Å²) in [7, 11) is 1.60. The van der Waals surface area contributed by atoms with Gasteiger partial charge in [-0.15, -0.1) is 10.2 Å². The van der Waals surface area contributed by atoms with Crippen molar-refractivity contribution >= 4 is 22.4 Å². The summed E-state index contributed by atoms with van der Waals surface area (Å²) in [5.74, 6) is 0.422. The fraction of sp³-hybridized carbons (Fsp3) is 0.125. The Labute approximate surface area is 137 Å². The number of methoxy groups -OCH3 is 1. The van der Waals surface area contributed by atoms with Crippen LogP contribution in [0.3, 0.4) is 0 Å². The first kappa shape index (κ1) is 15.1. The van der Waals surface area contributed by atoms with Crippen LogP contribution in [0.4, 0.5) is 5.13 Å². The number of hydrogen-bond donors (Lipinski definition) is 1. The fourth-order valence-corrected chi connectivity index (χ4v) is 2.77. The van der Waals surface area contributed by atoms with Gasteiger partial charge in [-0.25, -0.2) is 0 Å². The van der Waals surface area contributed by atoms with E-state index in [4.69, 9.17) is 4.74 Å². The summed E-state index contributed by atoms with van der Waals surface area (Å²) in [5, 5.41) is 11.8. The van der Waals surface area contributed by atoms with Gasteiger partial charge in [-0.1, -0.05) is 29.5 Å². The zero-order valence-electron chi connectivity index (χ0n) is 12.6. The van der Waals surface area contributed by atoms with Crippen LogP contribution in [0.15, 0.2) is 42.7 Å². The molecule has 0 saturated heterocycles. The Hall–Kier alpha value is -2.80. The van der Waals surface area contributed by atoms with Crippen molar-refractivity contribution < 1.29 is 9.53 Å². The second-order valence-electron chi connectivity index (χ2n) is 4.70. The highest BCUT2D eigenvalue weighted by atomic mass is 32.1. The molecule has 116 valence electrons. The molecule has 0 saturated carbocycles. The number of pyridine rings is 1. The van der Waals surface area contributed by atoms with Crippen LogP contribution in [-0.4, -0.2) is 28.2 Å². The molecule has 1 aromatic carbocycles. The molecular formula is C16H14N4O2S. The smallest absolute Gasteiger partial charge is 0.258 e. The number of para-hydroxylation sites is 1. The molecule has 0 bridgehead atoms. The Kier molecular flexibility index (Phi) is 4.29. The zero-order chi connectivity index (χ0) is 16.2. The van der Waals surface area contributed by atoms with Crippen LogP contribution in [-0.2, 0) is 0 Å². The van der Waals surface area contributed by atoms with Crippen LogP contribution in [0, 0.1) is 6.92 Å². The lowest BCUT2D eigenvalue weighted by molar-refractivity contribution is 0.102. The van der Waals surface area contributed by atoms with Crippen LogP contribution in [0.5, 0.6) is 5.75 Å². The van der Waals surface area contributed by atoms with Gasteiger partial charge in [0.05, 0.1) is 12.7 Å². The summed E-state index contributed by atoms with van der Waals surface area (Å²) < 4.78 is 5.38. The van der Waals surface area contributed by atoms with Crippen LogP contribution < -0.4 is 10.1 Å². The Morgan fingerprint density at radius 3 is 2.74 bits per heavy atom. The molecule has 1 amide bonds. The van der Waals surface area contributed by atoms with Gasteiger partial charge in [-0.05, 0) is 19.1 Å². The van der Waals surface area contributed by atoms with Crippen LogP contribution >= 0.6 is 11.3 Å². The number of carbonyl (C=O) groups excluding carboxylic acids is 1. The van der Waals surface area contributed by atoms with E-state index in [1.165, 1.54) is 11.3 Å². The molecule has 0 fully saturated rings. The first-order valence-corrected chi connectivity index (χ1v) is 7.69. The molecule has 2 heterocycles. The summed E-state index contributed by atoms with van der Waals surface area (Å²) >= 11 is 1.33. The van der Waals surface area contributed by atoms with Gasteiger partial charge >= 0.3 is 0 Å². The number of aryl methyl sites for hydroxylation is 1. The highest BCUT2D eigenvalue weighted by Gasteiger charge is 2.17. The molecule has 3 rings (SSSR count). The van der Waals surface area contributed by atoms with Crippen molar-refractivity contribution in [3.8, 4) is 16.9 Å². The number of anilines is 1. The number of carbonyl (C=O) groups is 1. The first-order valence-electron chi connectivity index (χ1n) is 6.88. The van der Waals surface area contributed by atoms with E-state index in [9.17, 15) is 4.79 Å². The lowest BCUT2D eigenvalue weighted by Gasteiger charge is -2.11. The lowest BCUT2D eigenvalue weighted by Crippen LogP contribution is -2.13. The largest absolute Gasteiger partial charge is 0.496 e. The summed E-state index contributed by atoms with van der Waals surface area (Å²) in [6.45, 7) is 1.83. The second-order valence-corrected chi connectivity index (χ2v) is 5.88. The van der Waals surface area contributed by atoms with E-state index < -0.39 is 0 Å². The molecule has 0 atom stereocenters. The highest BCUT2D eigenvalue weighted by molar-refractivity contribution is 7.15. The van der Waals surface area contributed by atoms with Crippen molar-refractivity contribution in [3.63, 3.8) is 0 Å². The van der Waals surface area contributed by atoms with Gasteiger partial charge < -0.3 is 4.74 Å². The minimum absolute atomic E-state index is 0.260. The number of hydrogen-bond acceptors (Lipinski definition) is 6. The van der Waals surface area contributed by atoms with E-state index in [1.54, 1.807) is 25.6 Å². The van der Waals surface area contributed by atoms with Crippen LogP contribution in [0.2, 0.25) is 0 Å². The Balaban J connectivity index is 1.99. The van der Waals surface area contributed by atoms with E-state index in [-0.39, 0.29) is 5.91 Å². The molecule has 6 nitrogen and oxygen atoms in total. The predicted molar refractivity (Wildman–Crippen MR) is 88.8 cm³/mol. The summed E-state index contributed by atoms with van der Waals surface area (Å²) in [6, 6.07) is 9.17. The maximum absolute atomic E-state index is 12.6. The average molecular weight is 326 g/mol. The molecule has 0 aliphatic heterocycles. The summed E-state index contributed by atoms with van der Waals surface area (Å²) in [4.78, 5) is 16.7. The van der Waals surface area contributed by atoms with Gasteiger partial charge in [0, 0.05) is 23.5 Å². The van der Waals surface area contributed by atoms with Gasteiger partial charge in [-0.3, -0.25) is 15.1 Å². The Morgan fingerprint density at radius 1 is 1.17 bits per heavy atom. The average Bonchev–Trinajstić information content (AvgIpc) is 2.99. The van der Waals surface area contributed by atoms with Crippen molar-refractivity contribution in [1.82, 2.24) is 15.2 Å². The normalized spacial score (nSPS) is 10.3. The fourth-order valence-electron chi connectivity index (χ4n) is 2.19. The topological polar surface area (TPSA) is 77.0 Å². The third-order valence-corrected chi connectivity index (χ3v) is 3.96. The van der Waals surface area contributed by atoms with Crippen molar-refractivity contribution in [3.05, 3.63) is 53.3 Å². The quantitative estimate of drug-likeness (QED) is 0.797. The number of rotatable bonds is 4. The molecule has 1 N–H and O–H groups in total. The van der Waals surface area contributed by atoms with Gasteiger partial charge in [0.15, 0.2) is 0 Å². The van der Waals surface area contributed by atoms with Crippen LogP contribution in [0.1, 0.15) is 15.4 Å². The highest BCUT2D eigenvalue weighted by Crippen LogP contribution is 2.31. The standard InChI is InChI=1S/C16H14N4O2S/c1-10-19-20-16(23-10)18-15(21)12-7-8-17-9-13(12)11-5-3-4-6-14(11)22-2/h3-9H,1-2H3,(H,18,20,21). The summed E-state index contributed by atoms with van der Waals surface area (Å²) in [6.07, 6.45) is 3.23. The maximum Gasteiger partial charge on any atom is 0.258 e. The molecule has 0 aliphatic carbocycles. The molecule has 2 aromatic heterocycles. The lowest BCUT2D eigenvalue weighted by atomic mass is 10.0. The zero-order valence-corrected chi connectivity index (χ0v) is 13.4. The molecule has 0 radical (unpaired) electrons. The molecule has 23 heavy (non-hydrogen) atoms. The third kappa shape index (κ3) is 3.19. The monoisotopic (exact) mass is 326 g/mol. The van der Waals surface area contributed by atoms with Crippen LogP contribution in [0.25, 0.3) is 11.1 Å². The molecular weight excluding hydrogens is 312 g/mol. The van der Waals surface area contributed by atoms with Gasteiger partial charge in [0.1, 0.15) is 10.8 Å². The number of ether oxygens (including phenoxy) is 1. The van der Waals surface area contributed by atoms with Gasteiger partial charge in [0.25, 0.3) is 5.91 Å². The molecule has 3 aromatic rings. The summed E-state index contributed by atoms with van der Waals surface area (Å²) in [5.41, 5.74) is 2.00. The molecule has 7 heteroatoms. The van der Waals surface area contributed by atoms with E-state index in [2.05, 4.69) is 20.5 Å². The number of nitrogens with one attached hydrogen (secondary N) is 1. The molecule has 0 unspecified atom stereocenters. The first-order chi connectivity index (χ1) is 11.2. The minimum Gasteiger partial charge on any atom is -0.496 e. The minimum atomic E-state index is -0.260. The van der Waals surface area contributed by atoms with Gasteiger partial charge in [0.2, 0.25) is 5.13 Å². The SMILES string of the molecule is COc1ccccc1-c1cnccc1C(=O)Nc1nnc(C)s1. The number of aromatic nitrogens is 3. The third-order valence-electron chi connectivity index (χ3n) is 3.21. The van der Waals surface area contributed by atoms with E-state index in [0.29, 0.717) is 22.0 Å². The number of amides is 1. The molecule has 0 aliphatic rings. The molecule has 0 spiro atoms. The second kappa shape index (κ2) is 6.53. The van der Waals surface area contributed by atoms with Gasteiger partial charge in [-0.2, -0.15) is 0 Å².